The van der Waals surface area contributed by atoms with Crippen LogP contribution in [-0.2, 0) is 26.7 Å². The average Bonchev–Trinajstić information content (AvgIpc) is 3.34. The third-order valence-electron chi connectivity index (χ3n) is 7.00. The molecule has 4 rings (SSSR count). The highest BCUT2D eigenvalue weighted by molar-refractivity contribution is 7.92. The maximum absolute atomic E-state index is 14.3. The molecule has 1 aromatic carbocycles. The van der Waals surface area contributed by atoms with E-state index in [9.17, 15) is 12.8 Å². The Morgan fingerprint density at radius 3 is 2.62 bits per heavy atom. The topological polar surface area (TPSA) is 128 Å². The first-order valence-corrected chi connectivity index (χ1v) is 14.8. The third kappa shape index (κ3) is 6.68. The standard InChI is InChI=1S/C26H34ClFN6O4S/c1-16-12-18(16)15-34(10-11-37-4)21-13-19(22(27)23(30-21)33(3)39(5,35)36)24-31-32-25(38-24)26(2,29)14-17-8-6-7-9-20(17)28/h6-9,13,16,18H,10-12,14-15,29H2,1-5H3/t16-,18+,26+/m0/s1. The van der Waals surface area contributed by atoms with E-state index in [4.69, 9.17) is 26.5 Å². The first-order chi connectivity index (χ1) is 18.3. The van der Waals surface area contributed by atoms with Crippen LogP contribution in [-0.4, -0.2) is 63.7 Å². The molecule has 0 unspecified atom stereocenters. The van der Waals surface area contributed by atoms with Crippen molar-refractivity contribution < 1.29 is 22.0 Å². The van der Waals surface area contributed by atoms with Gasteiger partial charge in [0.2, 0.25) is 21.8 Å². The van der Waals surface area contributed by atoms with E-state index in [2.05, 4.69) is 22.1 Å². The molecule has 3 aromatic rings. The van der Waals surface area contributed by atoms with Gasteiger partial charge in [0, 0.05) is 33.7 Å². The molecule has 2 N–H and O–H groups in total. The van der Waals surface area contributed by atoms with E-state index in [1.165, 1.54) is 13.1 Å². The number of anilines is 2. The van der Waals surface area contributed by atoms with Crippen molar-refractivity contribution in [3.8, 4) is 11.5 Å². The van der Waals surface area contributed by atoms with Crippen molar-refractivity contribution in [2.24, 2.45) is 17.6 Å². The Morgan fingerprint density at radius 1 is 1.31 bits per heavy atom. The molecule has 0 aliphatic heterocycles. The highest BCUT2D eigenvalue weighted by Gasteiger charge is 2.35. The molecule has 0 radical (unpaired) electrons. The quantitative estimate of drug-likeness (QED) is 0.340. The van der Waals surface area contributed by atoms with Crippen LogP contribution in [0, 0.1) is 17.7 Å². The zero-order valence-electron chi connectivity index (χ0n) is 22.7. The van der Waals surface area contributed by atoms with Crippen molar-refractivity contribution in [3.05, 3.63) is 52.6 Å². The maximum atomic E-state index is 14.3. The molecule has 3 atom stereocenters. The summed E-state index contributed by atoms with van der Waals surface area (Å²) < 4.78 is 51.5. The molecular weight excluding hydrogens is 547 g/mol. The minimum Gasteiger partial charge on any atom is -0.419 e. The number of rotatable bonds is 12. The van der Waals surface area contributed by atoms with Crippen LogP contribution in [0.2, 0.25) is 5.02 Å². The summed E-state index contributed by atoms with van der Waals surface area (Å²) in [5.41, 5.74) is 6.02. The van der Waals surface area contributed by atoms with Crippen molar-refractivity contribution in [2.45, 2.75) is 32.2 Å². The van der Waals surface area contributed by atoms with E-state index in [0.717, 1.165) is 23.5 Å². The zero-order valence-corrected chi connectivity index (χ0v) is 24.3. The number of sulfonamides is 1. The highest BCUT2D eigenvalue weighted by Crippen LogP contribution is 2.41. The van der Waals surface area contributed by atoms with E-state index in [1.54, 1.807) is 38.3 Å². The van der Waals surface area contributed by atoms with Crippen molar-refractivity contribution >= 4 is 33.3 Å². The first-order valence-electron chi connectivity index (χ1n) is 12.6. The fourth-order valence-corrected chi connectivity index (χ4v) is 5.10. The fraction of sp³-hybridized carbons (Fsp3) is 0.500. The molecule has 39 heavy (non-hydrogen) atoms. The summed E-state index contributed by atoms with van der Waals surface area (Å²) >= 11 is 6.72. The number of nitrogens with zero attached hydrogens (tertiary/aromatic N) is 5. The number of ether oxygens (including phenoxy) is 1. The van der Waals surface area contributed by atoms with Gasteiger partial charge >= 0.3 is 0 Å². The number of aromatic nitrogens is 3. The molecular formula is C26H34ClFN6O4S. The summed E-state index contributed by atoms with van der Waals surface area (Å²) in [5.74, 6) is 1.35. The van der Waals surface area contributed by atoms with Crippen molar-refractivity contribution in [2.75, 3.05) is 49.3 Å². The predicted molar refractivity (Wildman–Crippen MR) is 149 cm³/mol. The molecule has 1 fully saturated rings. The van der Waals surface area contributed by atoms with Gasteiger partial charge in [-0.05, 0) is 42.9 Å². The molecule has 0 amide bonds. The second kappa shape index (κ2) is 11.4. The Morgan fingerprint density at radius 2 is 2.00 bits per heavy atom. The highest BCUT2D eigenvalue weighted by atomic mass is 35.5. The maximum Gasteiger partial charge on any atom is 0.249 e. The summed E-state index contributed by atoms with van der Waals surface area (Å²) in [4.78, 5) is 6.68. The Kier molecular flexibility index (Phi) is 8.50. The van der Waals surface area contributed by atoms with Crippen LogP contribution in [0.25, 0.3) is 11.5 Å². The lowest BCUT2D eigenvalue weighted by molar-refractivity contribution is 0.204. The van der Waals surface area contributed by atoms with Gasteiger partial charge < -0.3 is 19.8 Å². The number of pyridine rings is 1. The second-order valence-electron chi connectivity index (χ2n) is 10.4. The third-order valence-corrected chi connectivity index (χ3v) is 8.54. The summed E-state index contributed by atoms with van der Waals surface area (Å²) in [6, 6.07) is 8.04. The minimum atomic E-state index is -3.69. The molecule has 2 aromatic heterocycles. The number of hydrogen-bond donors (Lipinski definition) is 1. The number of methoxy groups -OCH3 is 1. The monoisotopic (exact) mass is 580 g/mol. The van der Waals surface area contributed by atoms with Gasteiger partial charge in [0.05, 0.1) is 29.0 Å². The summed E-state index contributed by atoms with van der Waals surface area (Å²) in [5, 5.41) is 8.34. The van der Waals surface area contributed by atoms with E-state index in [1.807, 2.05) is 4.90 Å². The molecule has 0 bridgehead atoms. The number of hydrogen-bond acceptors (Lipinski definition) is 9. The molecule has 1 aliphatic carbocycles. The molecule has 0 spiro atoms. The van der Waals surface area contributed by atoms with Crippen LogP contribution < -0.4 is 14.9 Å². The molecule has 10 nitrogen and oxygen atoms in total. The Hall–Kier alpha value is -2.80. The van der Waals surface area contributed by atoms with Gasteiger partial charge in [-0.25, -0.2) is 17.8 Å². The minimum absolute atomic E-state index is 0.0274. The van der Waals surface area contributed by atoms with Gasteiger partial charge in [-0.3, -0.25) is 4.31 Å². The lowest BCUT2D eigenvalue weighted by atomic mass is 9.93. The van der Waals surface area contributed by atoms with Gasteiger partial charge in [-0.2, -0.15) is 0 Å². The number of benzene rings is 1. The lowest BCUT2D eigenvalue weighted by Gasteiger charge is -2.26. The molecule has 1 saturated carbocycles. The molecule has 0 saturated heterocycles. The lowest BCUT2D eigenvalue weighted by Crippen LogP contribution is -2.36. The summed E-state index contributed by atoms with van der Waals surface area (Å²) in [7, 11) is -0.695. The van der Waals surface area contributed by atoms with Crippen molar-refractivity contribution in [3.63, 3.8) is 0 Å². The van der Waals surface area contributed by atoms with Crippen LogP contribution in [0.3, 0.4) is 0 Å². The molecule has 212 valence electrons. The van der Waals surface area contributed by atoms with E-state index in [-0.39, 0.29) is 34.9 Å². The summed E-state index contributed by atoms with van der Waals surface area (Å²) in [6.45, 7) is 5.56. The fourth-order valence-electron chi connectivity index (χ4n) is 4.30. The summed E-state index contributed by atoms with van der Waals surface area (Å²) in [6.07, 6.45) is 2.28. The van der Waals surface area contributed by atoms with Gasteiger partial charge in [0.1, 0.15) is 11.6 Å². The van der Waals surface area contributed by atoms with Crippen LogP contribution >= 0.6 is 11.6 Å². The SMILES string of the molecule is COCCN(C[C@H]1C[C@@H]1C)c1cc(-c2nnc([C@](C)(N)Cc3ccccc3F)o2)c(Cl)c(N(C)S(C)(=O)=O)n1. The Labute approximate surface area is 233 Å². The molecule has 13 heteroatoms. The normalized spacial score (nSPS) is 18.6. The van der Waals surface area contributed by atoms with Gasteiger partial charge in [0.25, 0.3) is 0 Å². The first kappa shape index (κ1) is 29.2. The second-order valence-corrected chi connectivity index (χ2v) is 12.8. The molecule has 2 heterocycles. The van der Waals surface area contributed by atoms with Crippen LogP contribution in [0.1, 0.15) is 31.7 Å². The average molecular weight is 581 g/mol. The van der Waals surface area contributed by atoms with Crippen LogP contribution in [0.4, 0.5) is 16.0 Å². The van der Waals surface area contributed by atoms with Crippen LogP contribution in [0.5, 0.6) is 0 Å². The van der Waals surface area contributed by atoms with Gasteiger partial charge in [-0.1, -0.05) is 36.7 Å². The van der Waals surface area contributed by atoms with Crippen molar-refractivity contribution in [1.82, 2.24) is 15.2 Å². The van der Waals surface area contributed by atoms with Gasteiger partial charge in [0.15, 0.2) is 5.82 Å². The van der Waals surface area contributed by atoms with E-state index < -0.39 is 15.6 Å². The number of nitrogens with two attached hydrogens (primary N) is 1. The van der Waals surface area contributed by atoms with Gasteiger partial charge in [-0.15, -0.1) is 10.2 Å². The van der Waals surface area contributed by atoms with E-state index in [0.29, 0.717) is 41.9 Å². The zero-order chi connectivity index (χ0) is 28.5. The number of halogens is 2. The predicted octanol–water partition coefficient (Wildman–Crippen LogP) is 3.85. The Balaban J connectivity index is 1.76. The van der Waals surface area contributed by atoms with E-state index >= 15 is 0 Å². The van der Waals surface area contributed by atoms with Crippen LogP contribution in [0.15, 0.2) is 34.7 Å². The smallest absolute Gasteiger partial charge is 0.249 e. The van der Waals surface area contributed by atoms with Crippen molar-refractivity contribution in [1.29, 1.82) is 0 Å². The molecule has 1 aliphatic rings. The largest absolute Gasteiger partial charge is 0.419 e. The Bertz CT molecular complexity index is 1430.